The number of aliphatic hydroxyl groups is 1. The van der Waals surface area contributed by atoms with Crippen LogP contribution in [0.15, 0.2) is 12.4 Å². The molecule has 0 saturated heterocycles. The molecular formula is C7H11N3O. The van der Waals surface area contributed by atoms with Crippen molar-refractivity contribution < 1.29 is 5.11 Å². The van der Waals surface area contributed by atoms with Crippen LogP contribution in [0.2, 0.25) is 0 Å². The molecule has 0 aliphatic heterocycles. The molecule has 11 heavy (non-hydrogen) atoms. The van der Waals surface area contributed by atoms with Crippen molar-refractivity contribution in [3.8, 4) is 0 Å². The number of nitrogens with two attached hydrogens (primary N) is 1. The van der Waals surface area contributed by atoms with Crippen molar-refractivity contribution in [3.63, 3.8) is 0 Å². The molecule has 0 amide bonds. The van der Waals surface area contributed by atoms with Gasteiger partial charge in [0.05, 0.1) is 17.6 Å². The Labute approximate surface area is 65.1 Å². The number of hydrogen-bond acceptors (Lipinski definition) is 4. The van der Waals surface area contributed by atoms with Gasteiger partial charge in [0.2, 0.25) is 0 Å². The van der Waals surface area contributed by atoms with Gasteiger partial charge in [-0.15, -0.1) is 0 Å². The third-order valence-electron chi connectivity index (χ3n) is 1.34. The zero-order chi connectivity index (χ0) is 8.27. The number of nitrogens with zero attached hydrogens (tertiary/aromatic N) is 2. The van der Waals surface area contributed by atoms with E-state index in [2.05, 4.69) is 9.97 Å². The quantitative estimate of drug-likeness (QED) is 0.616. The van der Waals surface area contributed by atoms with Crippen LogP contribution in [0.4, 0.5) is 0 Å². The molecule has 1 aromatic rings. The Bertz CT molecular complexity index is 239. The summed E-state index contributed by atoms with van der Waals surface area (Å²) in [5.41, 5.74) is 6.56. The summed E-state index contributed by atoms with van der Waals surface area (Å²) in [7, 11) is 0. The fourth-order valence-corrected chi connectivity index (χ4v) is 0.764. The molecular weight excluding hydrogens is 142 g/mol. The predicted molar refractivity (Wildman–Crippen MR) is 40.8 cm³/mol. The van der Waals surface area contributed by atoms with E-state index in [9.17, 15) is 5.11 Å². The van der Waals surface area contributed by atoms with E-state index in [0.717, 1.165) is 5.69 Å². The van der Waals surface area contributed by atoms with Crippen molar-refractivity contribution in [2.45, 2.75) is 13.0 Å². The summed E-state index contributed by atoms with van der Waals surface area (Å²) in [6.45, 7) is 2.00. The van der Waals surface area contributed by atoms with Crippen LogP contribution in [0.3, 0.4) is 0 Å². The molecule has 0 radical (unpaired) electrons. The van der Waals surface area contributed by atoms with E-state index < -0.39 is 6.10 Å². The van der Waals surface area contributed by atoms with Gasteiger partial charge in [0.1, 0.15) is 6.10 Å². The Kier molecular flexibility index (Phi) is 2.51. The summed E-state index contributed by atoms with van der Waals surface area (Å²) in [6, 6.07) is 0. The van der Waals surface area contributed by atoms with Gasteiger partial charge in [0.25, 0.3) is 0 Å². The summed E-state index contributed by atoms with van der Waals surface area (Å²) in [5, 5.41) is 9.23. The van der Waals surface area contributed by atoms with Crippen molar-refractivity contribution in [1.29, 1.82) is 0 Å². The first kappa shape index (κ1) is 8.10. The van der Waals surface area contributed by atoms with Crippen molar-refractivity contribution in [1.82, 2.24) is 9.97 Å². The second kappa shape index (κ2) is 3.41. The molecule has 0 fully saturated rings. The molecule has 1 aromatic heterocycles. The smallest absolute Gasteiger partial charge is 0.110 e. The summed E-state index contributed by atoms with van der Waals surface area (Å²) in [5.74, 6) is 0. The zero-order valence-corrected chi connectivity index (χ0v) is 6.36. The fourth-order valence-electron chi connectivity index (χ4n) is 0.764. The lowest BCUT2D eigenvalue weighted by Crippen LogP contribution is -2.13. The van der Waals surface area contributed by atoms with Crippen LogP contribution >= 0.6 is 0 Å². The monoisotopic (exact) mass is 153 g/mol. The van der Waals surface area contributed by atoms with Gasteiger partial charge in [0, 0.05) is 12.7 Å². The normalized spacial score (nSPS) is 13.0. The Morgan fingerprint density at radius 1 is 1.64 bits per heavy atom. The highest BCUT2D eigenvalue weighted by Gasteiger charge is 2.05. The number of hydrogen-bond donors (Lipinski definition) is 2. The maximum absolute atomic E-state index is 9.23. The van der Waals surface area contributed by atoms with Gasteiger partial charge in [-0.05, 0) is 6.92 Å². The molecule has 4 heteroatoms. The molecule has 0 saturated carbocycles. The van der Waals surface area contributed by atoms with Gasteiger partial charge < -0.3 is 10.8 Å². The standard InChI is InChI=1S/C7H11N3O/c1-5-3-9-4-6(10-5)7(11)2-8/h3-4,7,11H,2,8H2,1H3. The Morgan fingerprint density at radius 3 is 2.91 bits per heavy atom. The van der Waals surface area contributed by atoms with Gasteiger partial charge in [-0.1, -0.05) is 0 Å². The molecule has 3 N–H and O–H groups in total. The van der Waals surface area contributed by atoms with Gasteiger partial charge in [-0.25, -0.2) is 0 Å². The molecule has 0 aromatic carbocycles. The molecule has 0 aliphatic rings. The summed E-state index contributed by atoms with van der Waals surface area (Å²) >= 11 is 0. The second-order valence-corrected chi connectivity index (χ2v) is 2.34. The van der Waals surface area contributed by atoms with E-state index in [-0.39, 0.29) is 6.54 Å². The molecule has 0 bridgehead atoms. The maximum atomic E-state index is 9.23. The molecule has 0 spiro atoms. The molecule has 1 rings (SSSR count). The van der Waals surface area contributed by atoms with Gasteiger partial charge >= 0.3 is 0 Å². The summed E-state index contributed by atoms with van der Waals surface area (Å²) in [6.07, 6.45) is 2.46. The van der Waals surface area contributed by atoms with Crippen LogP contribution in [-0.4, -0.2) is 21.6 Å². The minimum atomic E-state index is -0.692. The highest BCUT2D eigenvalue weighted by Crippen LogP contribution is 2.05. The van der Waals surface area contributed by atoms with Crippen molar-refractivity contribution in [3.05, 3.63) is 23.8 Å². The number of aliphatic hydroxyl groups excluding tert-OH is 1. The number of aromatic nitrogens is 2. The lowest BCUT2D eigenvalue weighted by atomic mass is 10.2. The van der Waals surface area contributed by atoms with Gasteiger partial charge in [-0.3, -0.25) is 9.97 Å². The fraction of sp³-hybridized carbons (Fsp3) is 0.429. The summed E-state index contributed by atoms with van der Waals surface area (Å²) in [4.78, 5) is 7.93. The number of aryl methyl sites for hydroxylation is 1. The topological polar surface area (TPSA) is 72.0 Å². The average molecular weight is 153 g/mol. The Hall–Kier alpha value is -1.00. The van der Waals surface area contributed by atoms with Crippen molar-refractivity contribution >= 4 is 0 Å². The summed E-state index contributed by atoms with van der Waals surface area (Å²) < 4.78 is 0. The Balaban J connectivity index is 2.86. The van der Waals surface area contributed by atoms with E-state index in [0.29, 0.717) is 5.69 Å². The maximum Gasteiger partial charge on any atom is 0.110 e. The lowest BCUT2D eigenvalue weighted by Gasteiger charge is -2.05. The van der Waals surface area contributed by atoms with E-state index in [1.54, 1.807) is 6.20 Å². The molecule has 60 valence electrons. The molecule has 1 atom stereocenters. The van der Waals surface area contributed by atoms with Crippen LogP contribution in [0, 0.1) is 6.92 Å². The van der Waals surface area contributed by atoms with Crippen molar-refractivity contribution in [2.24, 2.45) is 5.73 Å². The molecule has 4 nitrogen and oxygen atoms in total. The molecule has 1 heterocycles. The van der Waals surface area contributed by atoms with E-state index in [1.807, 2.05) is 6.92 Å². The highest BCUT2D eigenvalue weighted by molar-refractivity contribution is 5.04. The van der Waals surface area contributed by atoms with Crippen LogP contribution < -0.4 is 5.73 Å². The minimum Gasteiger partial charge on any atom is -0.385 e. The zero-order valence-electron chi connectivity index (χ0n) is 6.36. The molecule has 0 aliphatic carbocycles. The van der Waals surface area contributed by atoms with E-state index in [1.165, 1.54) is 6.20 Å². The second-order valence-electron chi connectivity index (χ2n) is 2.34. The van der Waals surface area contributed by atoms with E-state index >= 15 is 0 Å². The predicted octanol–water partition coefficient (Wildman–Crippen LogP) is -0.223. The third kappa shape index (κ3) is 1.96. The van der Waals surface area contributed by atoms with Crippen LogP contribution in [0.25, 0.3) is 0 Å². The third-order valence-corrected chi connectivity index (χ3v) is 1.34. The first-order valence-corrected chi connectivity index (χ1v) is 3.40. The molecule has 1 unspecified atom stereocenters. The van der Waals surface area contributed by atoms with Crippen LogP contribution in [0.5, 0.6) is 0 Å². The Morgan fingerprint density at radius 2 is 2.36 bits per heavy atom. The largest absolute Gasteiger partial charge is 0.385 e. The van der Waals surface area contributed by atoms with Gasteiger partial charge in [0.15, 0.2) is 0 Å². The van der Waals surface area contributed by atoms with E-state index in [4.69, 9.17) is 5.73 Å². The van der Waals surface area contributed by atoms with Crippen LogP contribution in [-0.2, 0) is 0 Å². The highest BCUT2D eigenvalue weighted by atomic mass is 16.3. The average Bonchev–Trinajstić information content (AvgIpc) is 2.03. The van der Waals surface area contributed by atoms with Gasteiger partial charge in [-0.2, -0.15) is 0 Å². The SMILES string of the molecule is Cc1cncc(C(O)CN)n1. The first-order valence-electron chi connectivity index (χ1n) is 3.40. The minimum absolute atomic E-state index is 0.179. The van der Waals surface area contributed by atoms with Crippen LogP contribution in [0.1, 0.15) is 17.5 Å². The van der Waals surface area contributed by atoms with Crippen molar-refractivity contribution in [2.75, 3.05) is 6.54 Å². The number of rotatable bonds is 2. The first-order chi connectivity index (χ1) is 5.24. The lowest BCUT2D eigenvalue weighted by molar-refractivity contribution is 0.181.